The van der Waals surface area contributed by atoms with Crippen LogP contribution in [0.5, 0.6) is 11.5 Å². The van der Waals surface area contributed by atoms with Crippen molar-refractivity contribution in [2.75, 3.05) is 5.32 Å². The zero-order valence-corrected chi connectivity index (χ0v) is 14.2. The fourth-order valence-electron chi connectivity index (χ4n) is 2.38. The molecule has 0 aliphatic carbocycles. The van der Waals surface area contributed by atoms with Gasteiger partial charge in [-0.3, -0.25) is 9.78 Å². The maximum atomic E-state index is 12.5. The van der Waals surface area contributed by atoms with Gasteiger partial charge in [-0.2, -0.15) is 10.4 Å². The Labute approximate surface area is 150 Å². The fourth-order valence-corrected chi connectivity index (χ4v) is 2.38. The third-order valence-corrected chi connectivity index (χ3v) is 3.57. The number of carbonyl (C=O) groups is 1. The lowest BCUT2D eigenvalue weighted by Gasteiger charge is -2.09. The van der Waals surface area contributed by atoms with Gasteiger partial charge in [0.1, 0.15) is 17.3 Å². The summed E-state index contributed by atoms with van der Waals surface area (Å²) >= 11 is 0. The number of aryl methyl sites for hydroxylation is 2. The molecule has 0 fully saturated rings. The monoisotopic (exact) mass is 347 g/mol. The van der Waals surface area contributed by atoms with Gasteiger partial charge in [-0.1, -0.05) is 0 Å². The van der Waals surface area contributed by atoms with Crippen LogP contribution in [0.25, 0.3) is 0 Å². The Hall–Kier alpha value is -3.66. The Kier molecular flexibility index (Phi) is 5.25. The number of carbonyl (C=O) groups excluding carboxylic acids is 1. The molecule has 0 bridgehead atoms. The number of anilines is 1. The summed E-state index contributed by atoms with van der Waals surface area (Å²) in [5.74, 6) is 1.56. The Morgan fingerprint density at radius 1 is 1.27 bits per heavy atom. The van der Waals surface area contributed by atoms with E-state index in [1.807, 2.05) is 6.92 Å². The summed E-state index contributed by atoms with van der Waals surface area (Å²) in [6.45, 7) is 2.26. The van der Waals surface area contributed by atoms with Crippen molar-refractivity contribution in [1.82, 2.24) is 14.8 Å². The number of aromatic nitrogens is 3. The average Bonchev–Trinajstić information content (AvgIpc) is 3.00. The van der Waals surface area contributed by atoms with E-state index in [0.717, 1.165) is 5.69 Å². The Balaban J connectivity index is 1.68. The highest BCUT2D eigenvalue weighted by Crippen LogP contribution is 2.21. The maximum Gasteiger partial charge on any atom is 0.256 e. The molecule has 0 saturated heterocycles. The number of amides is 1. The molecule has 2 aromatic heterocycles. The van der Waals surface area contributed by atoms with Crippen molar-refractivity contribution in [1.29, 1.82) is 5.26 Å². The number of nitriles is 1. The van der Waals surface area contributed by atoms with Crippen LogP contribution >= 0.6 is 0 Å². The van der Waals surface area contributed by atoms with E-state index in [0.29, 0.717) is 35.8 Å². The number of ether oxygens (including phenoxy) is 1. The second-order valence-corrected chi connectivity index (χ2v) is 5.57. The van der Waals surface area contributed by atoms with Gasteiger partial charge in [0.05, 0.1) is 30.9 Å². The molecule has 0 aliphatic heterocycles. The molecule has 1 N–H and O–H groups in total. The van der Waals surface area contributed by atoms with E-state index >= 15 is 0 Å². The normalized spacial score (nSPS) is 10.2. The van der Waals surface area contributed by atoms with Crippen LogP contribution in [0.2, 0.25) is 0 Å². The fraction of sp³-hybridized carbons (Fsp3) is 0.158. The van der Waals surface area contributed by atoms with E-state index in [-0.39, 0.29) is 5.91 Å². The first-order valence-corrected chi connectivity index (χ1v) is 8.06. The molecule has 3 rings (SSSR count). The van der Waals surface area contributed by atoms with Gasteiger partial charge in [0.15, 0.2) is 0 Å². The summed E-state index contributed by atoms with van der Waals surface area (Å²) in [6.07, 6.45) is 3.61. The molecule has 0 atom stereocenters. The van der Waals surface area contributed by atoms with Gasteiger partial charge < -0.3 is 10.1 Å². The molecule has 7 heteroatoms. The molecule has 0 spiro atoms. The summed E-state index contributed by atoms with van der Waals surface area (Å²) in [5.41, 5.74) is 1.27. The number of hydrogen-bond acceptors (Lipinski definition) is 5. The molecule has 7 nitrogen and oxygen atoms in total. The topological polar surface area (TPSA) is 92.8 Å². The highest BCUT2D eigenvalue weighted by molar-refractivity contribution is 6.03. The minimum absolute atomic E-state index is 0.254. The van der Waals surface area contributed by atoms with E-state index in [1.165, 1.54) is 0 Å². The standard InChI is InChI=1S/C19H17N5O2/c1-14-12-18(24(23-14)11-3-9-20)22-19(25)15-5-7-16(8-6-15)26-17-4-2-10-21-13-17/h2,4-8,10,12-13H,3,11H2,1H3,(H,22,25). The Bertz CT molecular complexity index is 927. The predicted molar refractivity (Wildman–Crippen MR) is 95.9 cm³/mol. The molecule has 3 aromatic rings. The van der Waals surface area contributed by atoms with Gasteiger partial charge in [0.2, 0.25) is 0 Å². The van der Waals surface area contributed by atoms with Gasteiger partial charge >= 0.3 is 0 Å². The van der Waals surface area contributed by atoms with Crippen LogP contribution in [-0.2, 0) is 6.54 Å². The van der Waals surface area contributed by atoms with Crippen molar-refractivity contribution in [3.05, 3.63) is 66.1 Å². The van der Waals surface area contributed by atoms with Crippen molar-refractivity contribution in [2.45, 2.75) is 19.9 Å². The molecule has 26 heavy (non-hydrogen) atoms. The lowest BCUT2D eigenvalue weighted by molar-refractivity contribution is 0.102. The largest absolute Gasteiger partial charge is 0.456 e. The molecule has 0 radical (unpaired) electrons. The molecule has 2 heterocycles. The van der Waals surface area contributed by atoms with E-state index in [2.05, 4.69) is 21.5 Å². The van der Waals surface area contributed by atoms with Gasteiger partial charge in [-0.15, -0.1) is 0 Å². The molecule has 0 aliphatic rings. The van der Waals surface area contributed by atoms with E-state index in [4.69, 9.17) is 10.00 Å². The quantitative estimate of drug-likeness (QED) is 0.736. The summed E-state index contributed by atoms with van der Waals surface area (Å²) in [6, 6.07) is 14.2. The van der Waals surface area contributed by atoms with Gasteiger partial charge in [0.25, 0.3) is 5.91 Å². The van der Waals surface area contributed by atoms with Crippen LogP contribution in [0.1, 0.15) is 22.5 Å². The first kappa shape index (κ1) is 17.2. The minimum Gasteiger partial charge on any atom is -0.456 e. The third-order valence-electron chi connectivity index (χ3n) is 3.57. The lowest BCUT2D eigenvalue weighted by atomic mass is 10.2. The van der Waals surface area contributed by atoms with Crippen molar-refractivity contribution in [2.24, 2.45) is 0 Å². The summed E-state index contributed by atoms with van der Waals surface area (Å²) in [7, 11) is 0. The summed E-state index contributed by atoms with van der Waals surface area (Å²) < 4.78 is 7.28. The number of pyridine rings is 1. The van der Waals surface area contributed by atoms with E-state index < -0.39 is 0 Å². The minimum atomic E-state index is -0.254. The molecule has 0 saturated carbocycles. The number of nitrogens with zero attached hydrogens (tertiary/aromatic N) is 4. The second-order valence-electron chi connectivity index (χ2n) is 5.57. The van der Waals surface area contributed by atoms with Crippen LogP contribution in [0.4, 0.5) is 5.82 Å². The van der Waals surface area contributed by atoms with Crippen LogP contribution in [0, 0.1) is 18.3 Å². The zero-order valence-electron chi connectivity index (χ0n) is 14.2. The zero-order chi connectivity index (χ0) is 18.4. The van der Waals surface area contributed by atoms with E-state index in [9.17, 15) is 4.79 Å². The van der Waals surface area contributed by atoms with E-state index in [1.54, 1.807) is 59.5 Å². The van der Waals surface area contributed by atoms with Gasteiger partial charge in [-0.25, -0.2) is 4.68 Å². The van der Waals surface area contributed by atoms with Crippen molar-refractivity contribution >= 4 is 11.7 Å². The first-order chi connectivity index (χ1) is 12.7. The second kappa shape index (κ2) is 7.94. The van der Waals surface area contributed by atoms with Crippen LogP contribution in [-0.4, -0.2) is 20.7 Å². The number of benzene rings is 1. The highest BCUT2D eigenvalue weighted by Gasteiger charge is 2.11. The molecule has 1 aromatic carbocycles. The molecule has 130 valence electrons. The molecular weight excluding hydrogens is 330 g/mol. The maximum absolute atomic E-state index is 12.5. The SMILES string of the molecule is Cc1cc(NC(=O)c2ccc(Oc3cccnc3)cc2)n(CCC#N)n1. The van der Waals surface area contributed by atoms with Gasteiger partial charge in [0, 0.05) is 17.8 Å². The summed E-state index contributed by atoms with van der Waals surface area (Å²) in [4.78, 5) is 16.4. The average molecular weight is 347 g/mol. The summed E-state index contributed by atoms with van der Waals surface area (Å²) in [5, 5.41) is 15.8. The van der Waals surface area contributed by atoms with Crippen LogP contribution in [0.15, 0.2) is 54.9 Å². The Morgan fingerprint density at radius 2 is 2.08 bits per heavy atom. The van der Waals surface area contributed by atoms with Crippen molar-refractivity contribution in [3.63, 3.8) is 0 Å². The molecular formula is C19H17N5O2. The van der Waals surface area contributed by atoms with Crippen LogP contribution < -0.4 is 10.1 Å². The molecule has 0 unspecified atom stereocenters. The molecule has 1 amide bonds. The van der Waals surface area contributed by atoms with Crippen molar-refractivity contribution < 1.29 is 9.53 Å². The van der Waals surface area contributed by atoms with Crippen molar-refractivity contribution in [3.8, 4) is 17.6 Å². The predicted octanol–water partition coefficient (Wildman–Crippen LogP) is 3.54. The number of rotatable bonds is 6. The smallest absolute Gasteiger partial charge is 0.256 e. The van der Waals surface area contributed by atoms with Gasteiger partial charge in [-0.05, 0) is 43.3 Å². The third kappa shape index (κ3) is 4.24. The number of nitrogens with one attached hydrogen (secondary N) is 1. The Morgan fingerprint density at radius 3 is 2.77 bits per heavy atom. The van der Waals surface area contributed by atoms with Crippen LogP contribution in [0.3, 0.4) is 0 Å². The highest BCUT2D eigenvalue weighted by atomic mass is 16.5. The lowest BCUT2D eigenvalue weighted by Crippen LogP contribution is -2.15. The first-order valence-electron chi connectivity index (χ1n) is 8.06. The number of hydrogen-bond donors (Lipinski definition) is 1.